The Kier molecular flexibility index (Phi) is 5.54. The second-order valence-electron chi connectivity index (χ2n) is 5.83. The van der Waals surface area contributed by atoms with Crippen LogP contribution in [0, 0.1) is 0 Å². The lowest BCUT2D eigenvalue weighted by Gasteiger charge is -2.19. The molecule has 0 aliphatic carbocycles. The molecular formula is C14H26N4O. The molecular weight excluding hydrogens is 240 g/mol. The molecule has 0 radical (unpaired) electrons. The first-order chi connectivity index (χ1) is 8.82. The van der Waals surface area contributed by atoms with Gasteiger partial charge >= 0.3 is 0 Å². The van der Waals surface area contributed by atoms with Crippen LogP contribution < -0.4 is 10.1 Å². The van der Waals surface area contributed by atoms with Crippen molar-refractivity contribution in [2.24, 2.45) is 0 Å². The fourth-order valence-electron chi connectivity index (χ4n) is 1.48. The zero-order valence-electron chi connectivity index (χ0n) is 12.9. The van der Waals surface area contributed by atoms with E-state index in [0.717, 1.165) is 24.7 Å². The number of nitrogens with zero attached hydrogens (tertiary/aromatic N) is 3. The van der Waals surface area contributed by atoms with Crippen molar-refractivity contribution in [1.82, 2.24) is 14.9 Å². The van der Waals surface area contributed by atoms with E-state index in [4.69, 9.17) is 4.74 Å². The molecule has 0 amide bonds. The van der Waals surface area contributed by atoms with Gasteiger partial charge < -0.3 is 15.0 Å². The lowest BCUT2D eigenvalue weighted by atomic mass is 9.96. The average Bonchev–Trinajstić information content (AvgIpc) is 2.27. The van der Waals surface area contributed by atoms with Gasteiger partial charge in [0.2, 0.25) is 5.88 Å². The molecule has 108 valence electrons. The fourth-order valence-corrected chi connectivity index (χ4v) is 1.48. The van der Waals surface area contributed by atoms with Gasteiger partial charge in [-0.3, -0.25) is 0 Å². The van der Waals surface area contributed by atoms with Crippen LogP contribution in [-0.2, 0) is 5.41 Å². The summed E-state index contributed by atoms with van der Waals surface area (Å²) in [6, 6.07) is 1.86. The summed E-state index contributed by atoms with van der Waals surface area (Å²) < 4.78 is 5.51. The van der Waals surface area contributed by atoms with E-state index in [2.05, 4.69) is 41.0 Å². The zero-order chi connectivity index (χ0) is 14.5. The molecule has 5 heteroatoms. The Morgan fingerprint density at radius 1 is 1.26 bits per heavy atom. The standard InChI is InChI=1S/C14H26N4O/c1-7-19-12-10-11(15-8-9-18(5)6)16-13(17-12)14(2,3)4/h10H,7-9H2,1-6H3,(H,15,16,17). The van der Waals surface area contributed by atoms with Gasteiger partial charge in [-0.15, -0.1) is 0 Å². The van der Waals surface area contributed by atoms with Crippen molar-refractivity contribution in [2.75, 3.05) is 39.1 Å². The maximum Gasteiger partial charge on any atom is 0.218 e. The molecule has 0 aromatic carbocycles. The molecule has 1 N–H and O–H groups in total. The molecule has 1 aromatic heterocycles. The van der Waals surface area contributed by atoms with Crippen molar-refractivity contribution in [3.63, 3.8) is 0 Å². The monoisotopic (exact) mass is 266 g/mol. The normalized spacial score (nSPS) is 11.7. The molecule has 1 rings (SSSR count). The molecule has 0 atom stereocenters. The molecule has 19 heavy (non-hydrogen) atoms. The summed E-state index contributed by atoms with van der Waals surface area (Å²) in [5.74, 6) is 2.26. The fraction of sp³-hybridized carbons (Fsp3) is 0.714. The lowest BCUT2D eigenvalue weighted by Crippen LogP contribution is -2.22. The van der Waals surface area contributed by atoms with E-state index in [1.807, 2.05) is 27.1 Å². The first-order valence-corrected chi connectivity index (χ1v) is 6.74. The number of ether oxygens (including phenoxy) is 1. The first-order valence-electron chi connectivity index (χ1n) is 6.74. The summed E-state index contributed by atoms with van der Waals surface area (Å²) in [4.78, 5) is 11.1. The Hall–Kier alpha value is -1.36. The van der Waals surface area contributed by atoms with Gasteiger partial charge in [-0.2, -0.15) is 4.98 Å². The van der Waals surface area contributed by atoms with E-state index in [9.17, 15) is 0 Å². The van der Waals surface area contributed by atoms with Gasteiger partial charge in [-0.1, -0.05) is 20.8 Å². The summed E-state index contributed by atoms with van der Waals surface area (Å²) in [5, 5.41) is 3.31. The smallest absolute Gasteiger partial charge is 0.218 e. The largest absolute Gasteiger partial charge is 0.478 e. The Morgan fingerprint density at radius 3 is 2.47 bits per heavy atom. The summed E-state index contributed by atoms with van der Waals surface area (Å²) in [5.41, 5.74) is -0.0922. The van der Waals surface area contributed by atoms with Gasteiger partial charge in [0.25, 0.3) is 0 Å². The Bertz CT molecular complexity index is 399. The highest BCUT2D eigenvalue weighted by molar-refractivity contribution is 5.39. The molecule has 0 aliphatic rings. The summed E-state index contributed by atoms with van der Waals surface area (Å²) in [6.07, 6.45) is 0. The van der Waals surface area contributed by atoms with Crippen LogP contribution in [-0.4, -0.2) is 48.7 Å². The topological polar surface area (TPSA) is 50.3 Å². The number of hydrogen-bond donors (Lipinski definition) is 1. The Balaban J connectivity index is 2.87. The number of nitrogens with one attached hydrogen (secondary N) is 1. The van der Waals surface area contributed by atoms with E-state index < -0.39 is 0 Å². The summed E-state index contributed by atoms with van der Waals surface area (Å²) in [7, 11) is 4.10. The molecule has 0 spiro atoms. The number of anilines is 1. The minimum absolute atomic E-state index is 0.0922. The third kappa shape index (κ3) is 5.42. The van der Waals surface area contributed by atoms with Crippen molar-refractivity contribution >= 4 is 5.82 Å². The molecule has 0 saturated carbocycles. The van der Waals surface area contributed by atoms with E-state index in [1.54, 1.807) is 0 Å². The molecule has 0 unspecified atom stereocenters. The van der Waals surface area contributed by atoms with Crippen LogP contribution in [0.25, 0.3) is 0 Å². The predicted molar refractivity (Wildman–Crippen MR) is 78.9 cm³/mol. The zero-order valence-corrected chi connectivity index (χ0v) is 12.9. The molecule has 0 bridgehead atoms. The van der Waals surface area contributed by atoms with E-state index in [0.29, 0.717) is 12.5 Å². The van der Waals surface area contributed by atoms with E-state index in [-0.39, 0.29) is 5.41 Å². The maximum atomic E-state index is 5.51. The van der Waals surface area contributed by atoms with Crippen molar-refractivity contribution in [3.8, 4) is 5.88 Å². The second kappa shape index (κ2) is 6.70. The molecule has 5 nitrogen and oxygen atoms in total. The number of likely N-dealkylation sites (N-methyl/N-ethyl adjacent to an activating group) is 1. The van der Waals surface area contributed by atoms with E-state index >= 15 is 0 Å². The molecule has 0 aliphatic heterocycles. The van der Waals surface area contributed by atoms with Crippen LogP contribution in [0.2, 0.25) is 0 Å². The third-order valence-corrected chi connectivity index (χ3v) is 2.53. The SMILES string of the molecule is CCOc1cc(NCCN(C)C)nc(C(C)(C)C)n1. The second-order valence-corrected chi connectivity index (χ2v) is 5.83. The molecule has 1 aromatic rings. The van der Waals surface area contributed by atoms with Gasteiger partial charge in [0, 0.05) is 24.6 Å². The van der Waals surface area contributed by atoms with Crippen LogP contribution in [0.5, 0.6) is 5.88 Å². The van der Waals surface area contributed by atoms with Gasteiger partial charge in [0.1, 0.15) is 11.6 Å². The summed E-state index contributed by atoms with van der Waals surface area (Å²) in [6.45, 7) is 10.7. The van der Waals surface area contributed by atoms with Crippen LogP contribution >= 0.6 is 0 Å². The highest BCUT2D eigenvalue weighted by Crippen LogP contribution is 2.23. The van der Waals surface area contributed by atoms with Crippen LogP contribution in [0.3, 0.4) is 0 Å². The molecule has 1 heterocycles. The highest BCUT2D eigenvalue weighted by atomic mass is 16.5. The van der Waals surface area contributed by atoms with E-state index in [1.165, 1.54) is 0 Å². The summed E-state index contributed by atoms with van der Waals surface area (Å²) >= 11 is 0. The highest BCUT2D eigenvalue weighted by Gasteiger charge is 2.19. The van der Waals surface area contributed by atoms with Gasteiger partial charge in [0.15, 0.2) is 0 Å². The van der Waals surface area contributed by atoms with Crippen molar-refractivity contribution in [3.05, 3.63) is 11.9 Å². The number of aromatic nitrogens is 2. The number of rotatable bonds is 6. The Morgan fingerprint density at radius 2 is 1.95 bits per heavy atom. The van der Waals surface area contributed by atoms with Crippen molar-refractivity contribution < 1.29 is 4.74 Å². The maximum absolute atomic E-state index is 5.51. The minimum Gasteiger partial charge on any atom is -0.478 e. The quantitative estimate of drug-likeness (QED) is 0.855. The molecule has 0 fully saturated rings. The molecule has 0 saturated heterocycles. The third-order valence-electron chi connectivity index (χ3n) is 2.53. The van der Waals surface area contributed by atoms with Gasteiger partial charge in [0.05, 0.1) is 6.61 Å². The lowest BCUT2D eigenvalue weighted by molar-refractivity contribution is 0.322. The van der Waals surface area contributed by atoms with Gasteiger partial charge in [-0.25, -0.2) is 4.98 Å². The Labute approximate surface area is 116 Å². The van der Waals surface area contributed by atoms with Crippen LogP contribution in [0.4, 0.5) is 5.82 Å². The van der Waals surface area contributed by atoms with Crippen LogP contribution in [0.15, 0.2) is 6.07 Å². The van der Waals surface area contributed by atoms with Crippen molar-refractivity contribution in [1.29, 1.82) is 0 Å². The average molecular weight is 266 g/mol. The number of hydrogen-bond acceptors (Lipinski definition) is 5. The first kappa shape index (κ1) is 15.7. The van der Waals surface area contributed by atoms with Crippen molar-refractivity contribution in [2.45, 2.75) is 33.1 Å². The minimum atomic E-state index is -0.0922. The predicted octanol–water partition coefficient (Wildman–Crippen LogP) is 2.15. The van der Waals surface area contributed by atoms with Crippen LogP contribution in [0.1, 0.15) is 33.5 Å². The van der Waals surface area contributed by atoms with Gasteiger partial charge in [-0.05, 0) is 21.0 Å².